The molecule has 1 aromatic rings. The van der Waals surface area contributed by atoms with Crippen molar-refractivity contribution >= 4 is 5.69 Å². The number of anilines is 1. The van der Waals surface area contributed by atoms with E-state index in [9.17, 15) is 13.2 Å². The molecule has 2 fully saturated rings. The van der Waals surface area contributed by atoms with Crippen molar-refractivity contribution in [2.45, 2.75) is 50.6 Å². The quantitative estimate of drug-likeness (QED) is 0.886. The van der Waals surface area contributed by atoms with E-state index in [2.05, 4.69) is 10.6 Å². The SMILES string of the molecule is Fc1cc(F)c(NC2CCCCC2C2CCCN2)c(F)c1. The second-order valence-electron chi connectivity index (χ2n) is 6.15. The molecule has 116 valence electrons. The highest BCUT2D eigenvalue weighted by Gasteiger charge is 2.34. The lowest BCUT2D eigenvalue weighted by molar-refractivity contribution is 0.261. The zero-order chi connectivity index (χ0) is 14.8. The minimum absolute atomic E-state index is 0.0452. The first kappa shape index (κ1) is 14.7. The van der Waals surface area contributed by atoms with Gasteiger partial charge in [0, 0.05) is 24.2 Å². The molecule has 2 N–H and O–H groups in total. The lowest BCUT2D eigenvalue weighted by atomic mass is 9.79. The maximum Gasteiger partial charge on any atom is 0.152 e. The molecule has 1 heterocycles. The molecule has 1 aliphatic heterocycles. The normalized spacial score (nSPS) is 29.6. The Labute approximate surface area is 123 Å². The van der Waals surface area contributed by atoms with Gasteiger partial charge in [0.25, 0.3) is 0 Å². The van der Waals surface area contributed by atoms with E-state index in [0.717, 1.165) is 57.2 Å². The third-order valence-electron chi connectivity index (χ3n) is 4.77. The molecule has 5 heteroatoms. The summed E-state index contributed by atoms with van der Waals surface area (Å²) in [7, 11) is 0. The molecular formula is C16H21F3N2. The van der Waals surface area contributed by atoms with Crippen LogP contribution in [0.1, 0.15) is 38.5 Å². The molecule has 0 bridgehead atoms. The highest BCUT2D eigenvalue weighted by Crippen LogP contribution is 2.33. The lowest BCUT2D eigenvalue weighted by Gasteiger charge is -2.37. The van der Waals surface area contributed by atoms with Gasteiger partial charge in [0.2, 0.25) is 0 Å². The van der Waals surface area contributed by atoms with Gasteiger partial charge in [0.15, 0.2) is 11.6 Å². The van der Waals surface area contributed by atoms with Crippen molar-refractivity contribution in [3.05, 3.63) is 29.6 Å². The summed E-state index contributed by atoms with van der Waals surface area (Å²) in [5.74, 6) is -2.20. The molecule has 2 nitrogen and oxygen atoms in total. The maximum atomic E-state index is 13.8. The largest absolute Gasteiger partial charge is 0.377 e. The second kappa shape index (κ2) is 6.26. The molecule has 3 atom stereocenters. The van der Waals surface area contributed by atoms with E-state index in [1.54, 1.807) is 0 Å². The van der Waals surface area contributed by atoms with Crippen molar-refractivity contribution in [1.82, 2.24) is 5.32 Å². The molecule has 0 radical (unpaired) electrons. The fourth-order valence-corrected chi connectivity index (χ4v) is 3.76. The van der Waals surface area contributed by atoms with Crippen molar-refractivity contribution < 1.29 is 13.2 Å². The van der Waals surface area contributed by atoms with Crippen LogP contribution < -0.4 is 10.6 Å². The predicted octanol–water partition coefficient (Wildman–Crippen LogP) is 3.83. The van der Waals surface area contributed by atoms with Crippen LogP contribution in [-0.4, -0.2) is 18.6 Å². The van der Waals surface area contributed by atoms with E-state index < -0.39 is 17.5 Å². The predicted molar refractivity (Wildman–Crippen MR) is 76.7 cm³/mol. The zero-order valence-corrected chi connectivity index (χ0v) is 12.0. The van der Waals surface area contributed by atoms with E-state index in [-0.39, 0.29) is 11.7 Å². The van der Waals surface area contributed by atoms with Crippen LogP contribution in [0.3, 0.4) is 0 Å². The summed E-state index contributed by atoms with van der Waals surface area (Å²) in [5, 5.41) is 6.51. The molecule has 3 unspecified atom stereocenters. The maximum absolute atomic E-state index is 13.8. The Balaban J connectivity index is 1.78. The Kier molecular flexibility index (Phi) is 4.38. The van der Waals surface area contributed by atoms with Crippen LogP contribution in [0.2, 0.25) is 0 Å². The van der Waals surface area contributed by atoms with Crippen molar-refractivity contribution in [2.24, 2.45) is 5.92 Å². The highest BCUT2D eigenvalue weighted by atomic mass is 19.1. The second-order valence-corrected chi connectivity index (χ2v) is 6.15. The molecule has 0 spiro atoms. The molecule has 3 rings (SSSR count). The van der Waals surface area contributed by atoms with Crippen LogP contribution in [0.5, 0.6) is 0 Å². The number of halogens is 3. The highest BCUT2D eigenvalue weighted by molar-refractivity contribution is 5.47. The third kappa shape index (κ3) is 3.18. The van der Waals surface area contributed by atoms with E-state index >= 15 is 0 Å². The topological polar surface area (TPSA) is 24.1 Å². The Hall–Kier alpha value is -1.23. The van der Waals surface area contributed by atoms with Gasteiger partial charge in [-0.05, 0) is 38.1 Å². The summed E-state index contributed by atoms with van der Waals surface area (Å²) in [6, 6.07) is 1.94. The smallest absolute Gasteiger partial charge is 0.152 e. The molecule has 1 aromatic carbocycles. The number of nitrogens with one attached hydrogen (secondary N) is 2. The van der Waals surface area contributed by atoms with Crippen molar-refractivity contribution in [3.63, 3.8) is 0 Å². The summed E-state index contributed by atoms with van der Waals surface area (Å²) >= 11 is 0. The van der Waals surface area contributed by atoms with Gasteiger partial charge in [0.1, 0.15) is 11.5 Å². The molecule has 1 saturated carbocycles. The fourth-order valence-electron chi connectivity index (χ4n) is 3.76. The Morgan fingerprint density at radius 2 is 1.67 bits per heavy atom. The first-order valence-corrected chi connectivity index (χ1v) is 7.79. The minimum Gasteiger partial charge on any atom is -0.377 e. The summed E-state index contributed by atoms with van der Waals surface area (Å²) in [6.07, 6.45) is 6.48. The van der Waals surface area contributed by atoms with Gasteiger partial charge in [-0.25, -0.2) is 13.2 Å². The molecule has 0 amide bonds. The van der Waals surface area contributed by atoms with E-state index in [1.165, 1.54) is 0 Å². The van der Waals surface area contributed by atoms with E-state index in [1.807, 2.05) is 0 Å². The van der Waals surface area contributed by atoms with Gasteiger partial charge < -0.3 is 10.6 Å². The summed E-state index contributed by atoms with van der Waals surface area (Å²) in [5.41, 5.74) is -0.189. The van der Waals surface area contributed by atoms with Crippen LogP contribution in [0, 0.1) is 23.4 Å². The van der Waals surface area contributed by atoms with Gasteiger partial charge in [0.05, 0.1) is 0 Å². The molecule has 2 aliphatic rings. The molecule has 1 saturated heterocycles. The lowest BCUT2D eigenvalue weighted by Crippen LogP contribution is -2.43. The van der Waals surface area contributed by atoms with Crippen LogP contribution in [0.15, 0.2) is 12.1 Å². The van der Waals surface area contributed by atoms with Gasteiger partial charge in [-0.2, -0.15) is 0 Å². The van der Waals surface area contributed by atoms with Gasteiger partial charge >= 0.3 is 0 Å². The first-order valence-electron chi connectivity index (χ1n) is 7.79. The van der Waals surface area contributed by atoms with E-state index in [0.29, 0.717) is 12.0 Å². The minimum atomic E-state index is -0.881. The summed E-state index contributed by atoms with van der Waals surface area (Å²) < 4.78 is 40.6. The van der Waals surface area contributed by atoms with Crippen LogP contribution in [-0.2, 0) is 0 Å². The Morgan fingerprint density at radius 3 is 2.33 bits per heavy atom. The average molecular weight is 298 g/mol. The first-order chi connectivity index (χ1) is 10.1. The average Bonchev–Trinajstić information content (AvgIpc) is 2.97. The number of rotatable bonds is 3. The van der Waals surface area contributed by atoms with Gasteiger partial charge in [-0.1, -0.05) is 12.8 Å². The van der Waals surface area contributed by atoms with Gasteiger partial charge in [-0.15, -0.1) is 0 Å². The van der Waals surface area contributed by atoms with Crippen LogP contribution >= 0.6 is 0 Å². The Morgan fingerprint density at radius 1 is 0.952 bits per heavy atom. The molecule has 21 heavy (non-hydrogen) atoms. The standard InChI is InChI=1S/C16H21F3N2/c17-10-8-12(18)16(13(19)9-10)21-15-5-2-1-4-11(15)14-6-3-7-20-14/h8-9,11,14-15,20-21H,1-7H2. The van der Waals surface area contributed by atoms with Crippen LogP contribution in [0.25, 0.3) is 0 Å². The van der Waals surface area contributed by atoms with Crippen molar-refractivity contribution in [1.29, 1.82) is 0 Å². The zero-order valence-electron chi connectivity index (χ0n) is 12.0. The third-order valence-corrected chi connectivity index (χ3v) is 4.77. The molecular weight excluding hydrogens is 277 g/mol. The molecule has 1 aliphatic carbocycles. The fraction of sp³-hybridized carbons (Fsp3) is 0.625. The molecule has 0 aromatic heterocycles. The van der Waals surface area contributed by atoms with Crippen molar-refractivity contribution in [3.8, 4) is 0 Å². The van der Waals surface area contributed by atoms with E-state index in [4.69, 9.17) is 0 Å². The van der Waals surface area contributed by atoms with Crippen molar-refractivity contribution in [2.75, 3.05) is 11.9 Å². The Bertz CT molecular complexity index is 477. The monoisotopic (exact) mass is 298 g/mol. The number of hydrogen-bond acceptors (Lipinski definition) is 2. The summed E-state index contributed by atoms with van der Waals surface area (Å²) in [6.45, 7) is 1.02. The summed E-state index contributed by atoms with van der Waals surface area (Å²) in [4.78, 5) is 0. The number of hydrogen-bond donors (Lipinski definition) is 2. The number of benzene rings is 1. The van der Waals surface area contributed by atoms with Crippen LogP contribution in [0.4, 0.5) is 18.9 Å². The van der Waals surface area contributed by atoms with Gasteiger partial charge in [-0.3, -0.25) is 0 Å².